The first kappa shape index (κ1) is 17.2. The molecular formula is C16H24N4O3. The fraction of sp³-hybridized carbons (Fsp3) is 0.625. The van der Waals surface area contributed by atoms with Gasteiger partial charge in [-0.1, -0.05) is 20.8 Å². The van der Waals surface area contributed by atoms with Crippen molar-refractivity contribution in [3.63, 3.8) is 0 Å². The number of amides is 2. The Balaban J connectivity index is 1.86. The van der Waals surface area contributed by atoms with Crippen molar-refractivity contribution in [1.82, 2.24) is 20.4 Å². The zero-order chi connectivity index (χ0) is 17.0. The van der Waals surface area contributed by atoms with E-state index in [4.69, 9.17) is 0 Å². The normalized spacial score (nSPS) is 21.1. The van der Waals surface area contributed by atoms with E-state index in [0.29, 0.717) is 26.1 Å². The van der Waals surface area contributed by atoms with Gasteiger partial charge in [-0.25, -0.2) is 4.68 Å². The summed E-state index contributed by atoms with van der Waals surface area (Å²) in [6.07, 6.45) is 2.13. The smallest absolute Gasteiger partial charge is 0.266 e. The highest BCUT2D eigenvalue weighted by atomic mass is 16.2. The summed E-state index contributed by atoms with van der Waals surface area (Å²) in [6.45, 7) is 7.47. The summed E-state index contributed by atoms with van der Waals surface area (Å²) >= 11 is 0. The molecule has 2 N–H and O–H groups in total. The maximum Gasteiger partial charge on any atom is 0.266 e. The quantitative estimate of drug-likeness (QED) is 0.597. The van der Waals surface area contributed by atoms with Gasteiger partial charge in [0.15, 0.2) is 0 Å². The number of rotatable bonds is 5. The van der Waals surface area contributed by atoms with E-state index in [1.807, 2.05) is 20.8 Å². The summed E-state index contributed by atoms with van der Waals surface area (Å²) in [5.41, 5.74) is -0.288. The zero-order valence-corrected chi connectivity index (χ0v) is 13.8. The predicted octanol–water partition coefficient (Wildman–Crippen LogP) is 0.158. The second kappa shape index (κ2) is 6.93. The van der Waals surface area contributed by atoms with Crippen molar-refractivity contribution in [3.8, 4) is 0 Å². The average molecular weight is 320 g/mol. The van der Waals surface area contributed by atoms with Gasteiger partial charge >= 0.3 is 0 Å². The van der Waals surface area contributed by atoms with E-state index in [1.165, 1.54) is 10.7 Å². The summed E-state index contributed by atoms with van der Waals surface area (Å²) in [4.78, 5) is 35.8. The van der Waals surface area contributed by atoms with E-state index < -0.39 is 5.92 Å². The van der Waals surface area contributed by atoms with Crippen LogP contribution in [-0.4, -0.2) is 34.7 Å². The van der Waals surface area contributed by atoms with Crippen molar-refractivity contribution in [2.75, 3.05) is 13.1 Å². The summed E-state index contributed by atoms with van der Waals surface area (Å²) in [7, 11) is 0. The van der Waals surface area contributed by atoms with Gasteiger partial charge in [0.1, 0.15) is 5.92 Å². The maximum atomic E-state index is 12.3. The molecule has 0 unspecified atom stereocenters. The summed E-state index contributed by atoms with van der Waals surface area (Å²) < 4.78 is 1.35. The van der Waals surface area contributed by atoms with Crippen molar-refractivity contribution < 1.29 is 9.59 Å². The van der Waals surface area contributed by atoms with Gasteiger partial charge in [-0.3, -0.25) is 14.4 Å². The van der Waals surface area contributed by atoms with Crippen LogP contribution in [0.25, 0.3) is 0 Å². The van der Waals surface area contributed by atoms with Crippen LogP contribution in [0.3, 0.4) is 0 Å². The van der Waals surface area contributed by atoms with Crippen molar-refractivity contribution in [3.05, 3.63) is 28.7 Å². The Labute approximate surface area is 135 Å². The molecule has 2 heterocycles. The number of nitrogens with zero attached hydrogens (tertiary/aromatic N) is 2. The first-order chi connectivity index (χ1) is 10.8. The van der Waals surface area contributed by atoms with Gasteiger partial charge in [-0.2, -0.15) is 5.10 Å². The number of hydrogen-bond acceptors (Lipinski definition) is 4. The van der Waals surface area contributed by atoms with Crippen LogP contribution in [0.5, 0.6) is 0 Å². The van der Waals surface area contributed by atoms with Crippen molar-refractivity contribution in [2.24, 2.45) is 17.3 Å². The molecule has 1 fully saturated rings. The standard InChI is InChI=1S/C16H24N4O3/c1-16(2,3)11-10-18-15(23)13(11)14(22)17-7-5-9-20-12(21)6-4-8-19-20/h4,6,8,11,13H,5,7,9-10H2,1-3H3,(H,17,22)(H,18,23)/t11-,13-/m1/s1. The minimum absolute atomic E-state index is 0.0200. The van der Waals surface area contributed by atoms with Gasteiger partial charge in [0.2, 0.25) is 11.8 Å². The average Bonchev–Trinajstić information content (AvgIpc) is 2.87. The third-order valence-corrected chi connectivity index (χ3v) is 4.21. The molecule has 2 atom stereocenters. The molecule has 0 saturated carbocycles. The van der Waals surface area contributed by atoms with Crippen LogP contribution in [0.1, 0.15) is 27.2 Å². The monoisotopic (exact) mass is 320 g/mol. The number of nitrogens with one attached hydrogen (secondary N) is 2. The number of aromatic nitrogens is 2. The predicted molar refractivity (Wildman–Crippen MR) is 85.6 cm³/mol. The lowest BCUT2D eigenvalue weighted by atomic mass is 9.74. The highest BCUT2D eigenvalue weighted by molar-refractivity contribution is 6.02. The number of carbonyl (C=O) groups is 2. The van der Waals surface area contributed by atoms with E-state index in [1.54, 1.807) is 12.3 Å². The highest BCUT2D eigenvalue weighted by Crippen LogP contribution is 2.35. The molecule has 1 aromatic heterocycles. The summed E-state index contributed by atoms with van der Waals surface area (Å²) in [5, 5.41) is 9.54. The Morgan fingerprint density at radius 2 is 2.17 bits per heavy atom. The number of hydrogen-bond donors (Lipinski definition) is 2. The summed E-state index contributed by atoms with van der Waals surface area (Å²) in [6, 6.07) is 3.04. The second-order valence-corrected chi connectivity index (χ2v) is 6.92. The molecule has 1 aliphatic rings. The van der Waals surface area contributed by atoms with Gasteiger partial charge in [0, 0.05) is 37.8 Å². The molecular weight excluding hydrogens is 296 g/mol. The van der Waals surface area contributed by atoms with Crippen LogP contribution < -0.4 is 16.2 Å². The van der Waals surface area contributed by atoms with Crippen molar-refractivity contribution >= 4 is 11.8 Å². The largest absolute Gasteiger partial charge is 0.355 e. The molecule has 0 radical (unpaired) electrons. The van der Waals surface area contributed by atoms with Gasteiger partial charge in [-0.05, 0) is 17.9 Å². The van der Waals surface area contributed by atoms with Gasteiger partial charge < -0.3 is 10.6 Å². The van der Waals surface area contributed by atoms with Crippen LogP contribution >= 0.6 is 0 Å². The zero-order valence-electron chi connectivity index (χ0n) is 13.8. The second-order valence-electron chi connectivity index (χ2n) is 6.92. The molecule has 1 saturated heterocycles. The van der Waals surface area contributed by atoms with E-state index in [0.717, 1.165) is 0 Å². The van der Waals surface area contributed by atoms with Gasteiger partial charge in [-0.15, -0.1) is 0 Å². The molecule has 126 valence electrons. The topological polar surface area (TPSA) is 93.1 Å². The molecule has 0 bridgehead atoms. The molecule has 1 aromatic rings. The molecule has 7 heteroatoms. The van der Waals surface area contributed by atoms with Crippen LogP contribution in [0.15, 0.2) is 23.1 Å². The SMILES string of the molecule is CC(C)(C)[C@@H]1CNC(=O)[C@H]1C(=O)NCCCn1ncccc1=O. The van der Waals surface area contributed by atoms with Crippen LogP contribution in [0, 0.1) is 17.3 Å². The molecule has 0 aliphatic carbocycles. The highest BCUT2D eigenvalue weighted by Gasteiger charge is 2.45. The lowest BCUT2D eigenvalue weighted by Gasteiger charge is -2.29. The first-order valence-electron chi connectivity index (χ1n) is 7.88. The molecule has 1 aliphatic heterocycles. The summed E-state index contributed by atoms with van der Waals surface area (Å²) in [5.74, 6) is -1.11. The van der Waals surface area contributed by atoms with E-state index in [9.17, 15) is 14.4 Å². The van der Waals surface area contributed by atoms with Gasteiger partial charge in [0.05, 0.1) is 0 Å². The Kier molecular flexibility index (Phi) is 5.18. The fourth-order valence-electron chi connectivity index (χ4n) is 2.83. The fourth-order valence-corrected chi connectivity index (χ4v) is 2.83. The molecule has 2 rings (SSSR count). The van der Waals surface area contributed by atoms with Gasteiger partial charge in [0.25, 0.3) is 5.56 Å². The Hall–Kier alpha value is -2.18. The number of carbonyl (C=O) groups excluding carboxylic acids is 2. The minimum Gasteiger partial charge on any atom is -0.355 e. The Bertz CT molecular complexity index is 633. The van der Waals surface area contributed by atoms with E-state index in [-0.39, 0.29) is 28.7 Å². The van der Waals surface area contributed by atoms with Crippen LogP contribution in [0.4, 0.5) is 0 Å². The Morgan fingerprint density at radius 1 is 1.43 bits per heavy atom. The van der Waals surface area contributed by atoms with Crippen molar-refractivity contribution in [2.45, 2.75) is 33.7 Å². The molecule has 2 amide bonds. The molecule has 0 aromatic carbocycles. The molecule has 7 nitrogen and oxygen atoms in total. The van der Waals surface area contributed by atoms with E-state index >= 15 is 0 Å². The molecule has 23 heavy (non-hydrogen) atoms. The third-order valence-electron chi connectivity index (χ3n) is 4.21. The minimum atomic E-state index is -0.646. The third kappa shape index (κ3) is 4.18. The Morgan fingerprint density at radius 3 is 2.83 bits per heavy atom. The van der Waals surface area contributed by atoms with Crippen molar-refractivity contribution in [1.29, 1.82) is 0 Å². The molecule has 0 spiro atoms. The number of aryl methyl sites for hydroxylation is 1. The van der Waals surface area contributed by atoms with E-state index in [2.05, 4.69) is 15.7 Å². The lowest BCUT2D eigenvalue weighted by Crippen LogP contribution is -2.41. The van der Waals surface area contributed by atoms with Crippen LogP contribution in [0.2, 0.25) is 0 Å². The van der Waals surface area contributed by atoms with Crippen LogP contribution in [-0.2, 0) is 16.1 Å². The lowest BCUT2D eigenvalue weighted by molar-refractivity contribution is -0.135. The maximum absolute atomic E-state index is 12.3. The first-order valence-corrected chi connectivity index (χ1v) is 7.88.